The van der Waals surface area contributed by atoms with Crippen LogP contribution in [-0.4, -0.2) is 15.9 Å². The summed E-state index contributed by atoms with van der Waals surface area (Å²) in [5, 5.41) is 2.67. The monoisotopic (exact) mass is 233 g/mol. The molecular formula is C12H12FN3O. The topological polar surface area (TPSA) is 57.8 Å². The van der Waals surface area contributed by atoms with E-state index in [0.29, 0.717) is 17.7 Å². The number of benzene rings is 1. The van der Waals surface area contributed by atoms with Crippen molar-refractivity contribution in [3.63, 3.8) is 0 Å². The number of aromatic amines is 1. The molecule has 2 aromatic rings. The first-order valence-corrected chi connectivity index (χ1v) is 5.18. The second-order valence-electron chi connectivity index (χ2n) is 3.72. The SMILES string of the molecule is Cc1ccc(C(=O)NCc2cnc[nH]2)cc1F. The summed E-state index contributed by atoms with van der Waals surface area (Å²) in [5.74, 6) is -0.683. The quantitative estimate of drug-likeness (QED) is 0.849. The van der Waals surface area contributed by atoms with E-state index >= 15 is 0 Å². The molecular weight excluding hydrogens is 221 g/mol. The lowest BCUT2D eigenvalue weighted by atomic mass is 10.1. The van der Waals surface area contributed by atoms with Gasteiger partial charge in [0.1, 0.15) is 5.82 Å². The molecule has 0 saturated heterocycles. The van der Waals surface area contributed by atoms with Crippen LogP contribution in [0.1, 0.15) is 21.6 Å². The van der Waals surface area contributed by atoms with E-state index in [9.17, 15) is 9.18 Å². The van der Waals surface area contributed by atoms with Gasteiger partial charge in [0.2, 0.25) is 0 Å². The van der Waals surface area contributed by atoms with Crippen LogP contribution in [0.15, 0.2) is 30.7 Å². The summed E-state index contributed by atoms with van der Waals surface area (Å²) < 4.78 is 13.3. The van der Waals surface area contributed by atoms with Crippen LogP contribution in [0, 0.1) is 12.7 Å². The molecule has 0 spiro atoms. The van der Waals surface area contributed by atoms with E-state index in [-0.39, 0.29) is 11.7 Å². The molecule has 88 valence electrons. The maximum Gasteiger partial charge on any atom is 0.251 e. The largest absolute Gasteiger partial charge is 0.347 e. The predicted octanol–water partition coefficient (Wildman–Crippen LogP) is 1.79. The van der Waals surface area contributed by atoms with E-state index in [0.717, 1.165) is 5.69 Å². The summed E-state index contributed by atoms with van der Waals surface area (Å²) in [5.41, 5.74) is 1.63. The van der Waals surface area contributed by atoms with Gasteiger partial charge in [-0.3, -0.25) is 4.79 Å². The fourth-order valence-corrected chi connectivity index (χ4v) is 1.39. The molecule has 1 amide bonds. The van der Waals surface area contributed by atoms with Crippen molar-refractivity contribution in [2.24, 2.45) is 0 Å². The lowest BCUT2D eigenvalue weighted by molar-refractivity contribution is 0.0950. The minimum Gasteiger partial charge on any atom is -0.347 e. The van der Waals surface area contributed by atoms with Gasteiger partial charge in [0, 0.05) is 11.8 Å². The predicted molar refractivity (Wildman–Crippen MR) is 60.9 cm³/mol. The highest BCUT2D eigenvalue weighted by Crippen LogP contribution is 2.09. The van der Waals surface area contributed by atoms with Crippen molar-refractivity contribution in [2.75, 3.05) is 0 Å². The Bertz CT molecular complexity index is 523. The van der Waals surface area contributed by atoms with E-state index in [4.69, 9.17) is 0 Å². The fourth-order valence-electron chi connectivity index (χ4n) is 1.39. The van der Waals surface area contributed by atoms with Crippen LogP contribution in [0.3, 0.4) is 0 Å². The number of nitrogens with one attached hydrogen (secondary N) is 2. The summed E-state index contributed by atoms with van der Waals surface area (Å²) in [7, 11) is 0. The molecule has 1 aromatic carbocycles. The number of nitrogens with zero attached hydrogens (tertiary/aromatic N) is 1. The molecule has 2 N–H and O–H groups in total. The summed E-state index contributed by atoms with van der Waals surface area (Å²) >= 11 is 0. The number of imidazole rings is 1. The zero-order valence-corrected chi connectivity index (χ0v) is 9.33. The van der Waals surface area contributed by atoms with Gasteiger partial charge in [-0.15, -0.1) is 0 Å². The molecule has 1 aromatic heterocycles. The molecule has 1 heterocycles. The van der Waals surface area contributed by atoms with Crippen LogP contribution in [0.2, 0.25) is 0 Å². The molecule has 0 radical (unpaired) electrons. The summed E-state index contributed by atoms with van der Waals surface area (Å²) in [6.45, 7) is 2.00. The maximum absolute atomic E-state index is 13.3. The first-order chi connectivity index (χ1) is 8.16. The van der Waals surface area contributed by atoms with Gasteiger partial charge in [-0.05, 0) is 24.6 Å². The molecule has 0 fully saturated rings. The number of hydrogen-bond donors (Lipinski definition) is 2. The van der Waals surface area contributed by atoms with E-state index in [1.807, 2.05) is 0 Å². The number of halogens is 1. The van der Waals surface area contributed by atoms with Gasteiger partial charge in [0.25, 0.3) is 5.91 Å². The molecule has 0 aliphatic carbocycles. The summed E-state index contributed by atoms with van der Waals surface area (Å²) in [6.07, 6.45) is 3.16. The number of aryl methyl sites for hydroxylation is 1. The highest BCUT2D eigenvalue weighted by atomic mass is 19.1. The zero-order valence-electron chi connectivity index (χ0n) is 9.33. The Morgan fingerprint density at radius 2 is 2.35 bits per heavy atom. The van der Waals surface area contributed by atoms with Gasteiger partial charge >= 0.3 is 0 Å². The molecule has 0 aliphatic heterocycles. The van der Waals surface area contributed by atoms with Crippen molar-refractivity contribution in [1.82, 2.24) is 15.3 Å². The average molecular weight is 233 g/mol. The number of aromatic nitrogens is 2. The second kappa shape index (κ2) is 4.78. The standard InChI is InChI=1S/C12H12FN3O/c1-8-2-3-9(4-11(8)13)12(17)15-6-10-5-14-7-16-10/h2-5,7H,6H2,1H3,(H,14,16)(H,15,17). The average Bonchev–Trinajstić information content (AvgIpc) is 2.82. The molecule has 2 rings (SSSR count). The van der Waals surface area contributed by atoms with Crippen LogP contribution in [0.25, 0.3) is 0 Å². The van der Waals surface area contributed by atoms with Crippen LogP contribution in [0.5, 0.6) is 0 Å². The van der Waals surface area contributed by atoms with Crippen molar-refractivity contribution in [2.45, 2.75) is 13.5 Å². The van der Waals surface area contributed by atoms with Gasteiger partial charge in [-0.1, -0.05) is 6.07 Å². The number of carbonyl (C=O) groups excluding carboxylic acids is 1. The van der Waals surface area contributed by atoms with Crippen LogP contribution in [0.4, 0.5) is 4.39 Å². The highest BCUT2D eigenvalue weighted by molar-refractivity contribution is 5.94. The second-order valence-corrected chi connectivity index (χ2v) is 3.72. The first-order valence-electron chi connectivity index (χ1n) is 5.18. The molecule has 4 nitrogen and oxygen atoms in total. The Labute approximate surface area is 97.9 Å². The highest BCUT2D eigenvalue weighted by Gasteiger charge is 2.07. The maximum atomic E-state index is 13.3. The van der Waals surface area contributed by atoms with E-state index in [2.05, 4.69) is 15.3 Å². The molecule has 17 heavy (non-hydrogen) atoms. The van der Waals surface area contributed by atoms with Gasteiger partial charge in [-0.25, -0.2) is 9.37 Å². The Morgan fingerprint density at radius 3 is 3.00 bits per heavy atom. The molecule has 0 bridgehead atoms. The number of hydrogen-bond acceptors (Lipinski definition) is 2. The number of amides is 1. The van der Waals surface area contributed by atoms with Crippen molar-refractivity contribution >= 4 is 5.91 Å². The summed E-state index contributed by atoms with van der Waals surface area (Å²) in [6, 6.07) is 4.42. The zero-order chi connectivity index (χ0) is 12.3. The van der Waals surface area contributed by atoms with Gasteiger partial charge < -0.3 is 10.3 Å². The molecule has 0 atom stereocenters. The van der Waals surface area contributed by atoms with Gasteiger partial charge in [0.15, 0.2) is 0 Å². The van der Waals surface area contributed by atoms with Gasteiger partial charge in [-0.2, -0.15) is 0 Å². The van der Waals surface area contributed by atoms with E-state index in [1.54, 1.807) is 25.3 Å². The van der Waals surface area contributed by atoms with Crippen LogP contribution in [-0.2, 0) is 6.54 Å². The normalized spacial score (nSPS) is 10.2. The van der Waals surface area contributed by atoms with E-state index in [1.165, 1.54) is 12.4 Å². The van der Waals surface area contributed by atoms with Crippen molar-refractivity contribution in [1.29, 1.82) is 0 Å². The lowest BCUT2D eigenvalue weighted by Gasteiger charge is -2.04. The molecule has 0 unspecified atom stereocenters. The third-order valence-electron chi connectivity index (χ3n) is 2.43. The molecule has 0 saturated carbocycles. The smallest absolute Gasteiger partial charge is 0.251 e. The first kappa shape index (κ1) is 11.3. The number of rotatable bonds is 3. The third-order valence-corrected chi connectivity index (χ3v) is 2.43. The van der Waals surface area contributed by atoms with Crippen LogP contribution >= 0.6 is 0 Å². The molecule has 0 aliphatic rings. The van der Waals surface area contributed by atoms with E-state index < -0.39 is 0 Å². The minimum absolute atomic E-state index is 0.307. The van der Waals surface area contributed by atoms with Crippen LogP contribution < -0.4 is 5.32 Å². The van der Waals surface area contributed by atoms with Gasteiger partial charge in [0.05, 0.1) is 18.6 Å². The Morgan fingerprint density at radius 1 is 1.53 bits per heavy atom. The number of carbonyl (C=O) groups is 1. The van der Waals surface area contributed by atoms with Crippen molar-refractivity contribution in [3.8, 4) is 0 Å². The Balaban J connectivity index is 2.02. The van der Waals surface area contributed by atoms with Crippen molar-refractivity contribution < 1.29 is 9.18 Å². The minimum atomic E-state index is -0.376. The summed E-state index contributed by atoms with van der Waals surface area (Å²) in [4.78, 5) is 18.4. The fraction of sp³-hybridized carbons (Fsp3) is 0.167. The van der Waals surface area contributed by atoms with Crippen molar-refractivity contribution in [3.05, 3.63) is 53.4 Å². The number of H-pyrrole nitrogens is 1. The third kappa shape index (κ3) is 2.69. The Hall–Kier alpha value is -2.17. The molecule has 5 heteroatoms. The Kier molecular flexibility index (Phi) is 3.18. The lowest BCUT2D eigenvalue weighted by Crippen LogP contribution is -2.23.